The number of hydrogen-bond acceptors (Lipinski definition) is 3. The molecule has 3 rings (SSSR count). The van der Waals surface area contributed by atoms with Gasteiger partial charge in [-0.1, -0.05) is 55.8 Å². The molecule has 2 atom stereocenters. The van der Waals surface area contributed by atoms with Crippen molar-refractivity contribution in [1.29, 1.82) is 0 Å². The van der Waals surface area contributed by atoms with Crippen LogP contribution in [-0.4, -0.2) is 43.0 Å². The minimum absolute atomic E-state index is 0.0574. The second kappa shape index (κ2) is 9.44. The van der Waals surface area contributed by atoms with Crippen LogP contribution in [0.2, 0.25) is 5.02 Å². The van der Waals surface area contributed by atoms with E-state index in [-0.39, 0.29) is 11.9 Å². The zero-order valence-electron chi connectivity index (χ0n) is 17.0. The molecule has 2 aromatic carbocycles. The molecule has 150 valence electrons. The van der Waals surface area contributed by atoms with Gasteiger partial charge in [-0.15, -0.1) is 0 Å². The molecule has 2 aromatic rings. The molecule has 0 aromatic heterocycles. The molecule has 0 spiro atoms. The van der Waals surface area contributed by atoms with Gasteiger partial charge in [-0.2, -0.15) is 0 Å². The average Bonchev–Trinajstić information content (AvgIpc) is 2.73. The zero-order chi connectivity index (χ0) is 20.1. The summed E-state index contributed by atoms with van der Waals surface area (Å²) in [5.41, 5.74) is 3.21. The fraction of sp³-hybridized carbons (Fsp3) is 0.435. The van der Waals surface area contributed by atoms with Crippen LogP contribution >= 0.6 is 11.6 Å². The monoisotopic (exact) mass is 399 g/mol. The van der Waals surface area contributed by atoms with Crippen LogP contribution in [-0.2, 0) is 4.79 Å². The summed E-state index contributed by atoms with van der Waals surface area (Å²) >= 11 is 6.33. The highest BCUT2D eigenvalue weighted by atomic mass is 35.5. The lowest BCUT2D eigenvalue weighted by Crippen LogP contribution is -2.53. The van der Waals surface area contributed by atoms with Crippen LogP contribution in [0, 0.1) is 0 Å². The number of halogens is 1. The molecule has 1 N–H and O–H groups in total. The lowest BCUT2D eigenvalue weighted by Gasteiger charge is -2.38. The van der Waals surface area contributed by atoms with Crippen LogP contribution in [0.15, 0.2) is 48.5 Å². The van der Waals surface area contributed by atoms with Crippen molar-refractivity contribution >= 4 is 28.9 Å². The first-order valence-corrected chi connectivity index (χ1v) is 10.5. The quantitative estimate of drug-likeness (QED) is 0.742. The summed E-state index contributed by atoms with van der Waals surface area (Å²) in [7, 11) is 0. The molecule has 5 heteroatoms. The Bertz CT molecular complexity index is 802. The van der Waals surface area contributed by atoms with E-state index in [9.17, 15) is 4.79 Å². The van der Waals surface area contributed by atoms with E-state index in [1.54, 1.807) is 0 Å². The number of benzene rings is 2. The average molecular weight is 400 g/mol. The molecule has 0 aliphatic carbocycles. The number of para-hydroxylation sites is 2. The summed E-state index contributed by atoms with van der Waals surface area (Å²) in [6.45, 7) is 9.77. The van der Waals surface area contributed by atoms with Crippen molar-refractivity contribution in [1.82, 2.24) is 4.90 Å². The summed E-state index contributed by atoms with van der Waals surface area (Å²) in [4.78, 5) is 17.4. The molecule has 1 aliphatic rings. The van der Waals surface area contributed by atoms with Gasteiger partial charge in [0.1, 0.15) is 0 Å². The summed E-state index contributed by atoms with van der Waals surface area (Å²) < 4.78 is 0. The molecule has 0 bridgehead atoms. The maximum absolute atomic E-state index is 12.9. The summed E-state index contributed by atoms with van der Waals surface area (Å²) in [6, 6.07) is 15.9. The van der Waals surface area contributed by atoms with Gasteiger partial charge < -0.3 is 10.2 Å². The number of carbonyl (C=O) groups is 1. The van der Waals surface area contributed by atoms with E-state index < -0.39 is 0 Å². The van der Waals surface area contributed by atoms with E-state index in [2.05, 4.69) is 41.1 Å². The molecule has 4 nitrogen and oxygen atoms in total. The molecule has 0 unspecified atom stereocenters. The number of nitrogens with zero attached hydrogens (tertiary/aromatic N) is 2. The van der Waals surface area contributed by atoms with E-state index in [4.69, 9.17) is 11.6 Å². The van der Waals surface area contributed by atoms with Crippen molar-refractivity contribution in [3.05, 3.63) is 59.1 Å². The standard InChI is InChI=1S/C23H30ClN3O/c1-4-17(2)19-9-5-7-11-21(19)25-23(28)18(3)26-13-15-27(16-14-26)22-12-8-6-10-20(22)24/h5-12,17-18H,4,13-16H2,1-3H3,(H,25,28)/t17-,18-/m1/s1. The lowest BCUT2D eigenvalue weighted by atomic mass is 9.97. The molecule has 1 amide bonds. The third-order valence-corrected chi connectivity index (χ3v) is 6.12. The first-order chi connectivity index (χ1) is 13.5. The van der Waals surface area contributed by atoms with Crippen molar-refractivity contribution in [2.75, 3.05) is 36.4 Å². The first kappa shape index (κ1) is 20.7. The molecule has 1 fully saturated rings. The van der Waals surface area contributed by atoms with Crippen molar-refractivity contribution in [3.63, 3.8) is 0 Å². The van der Waals surface area contributed by atoms with Gasteiger partial charge in [0.2, 0.25) is 5.91 Å². The van der Waals surface area contributed by atoms with Crippen molar-refractivity contribution in [3.8, 4) is 0 Å². The minimum atomic E-state index is -0.168. The highest BCUT2D eigenvalue weighted by Crippen LogP contribution is 2.28. The fourth-order valence-electron chi connectivity index (χ4n) is 3.72. The van der Waals surface area contributed by atoms with E-state index in [1.807, 2.05) is 43.3 Å². The normalized spacial score (nSPS) is 17.2. The number of nitrogens with one attached hydrogen (secondary N) is 1. The van der Waals surface area contributed by atoms with Gasteiger partial charge in [0.15, 0.2) is 0 Å². The van der Waals surface area contributed by atoms with Crippen LogP contribution in [0.1, 0.15) is 38.7 Å². The third kappa shape index (κ3) is 4.68. The lowest BCUT2D eigenvalue weighted by molar-refractivity contribution is -0.120. The summed E-state index contributed by atoms with van der Waals surface area (Å²) in [5, 5.41) is 3.94. The second-order valence-corrected chi connectivity index (χ2v) is 7.94. The van der Waals surface area contributed by atoms with Crippen LogP contribution in [0.25, 0.3) is 0 Å². The number of piperazine rings is 1. The Morgan fingerprint density at radius 3 is 2.36 bits per heavy atom. The Hall–Kier alpha value is -2.04. The predicted molar refractivity (Wildman–Crippen MR) is 118 cm³/mol. The highest BCUT2D eigenvalue weighted by Gasteiger charge is 2.26. The van der Waals surface area contributed by atoms with Gasteiger partial charge in [-0.25, -0.2) is 0 Å². The number of carbonyl (C=O) groups excluding carboxylic acids is 1. The van der Waals surface area contributed by atoms with Gasteiger partial charge >= 0.3 is 0 Å². The van der Waals surface area contributed by atoms with Gasteiger partial charge in [0, 0.05) is 31.9 Å². The van der Waals surface area contributed by atoms with Crippen LogP contribution in [0.4, 0.5) is 11.4 Å². The SMILES string of the molecule is CC[C@@H](C)c1ccccc1NC(=O)[C@@H](C)N1CCN(c2ccccc2Cl)CC1. The smallest absolute Gasteiger partial charge is 0.241 e. The Balaban J connectivity index is 1.60. The minimum Gasteiger partial charge on any atom is -0.368 e. The number of hydrogen-bond donors (Lipinski definition) is 1. The van der Waals surface area contributed by atoms with Gasteiger partial charge in [0.05, 0.1) is 16.8 Å². The molecule has 1 saturated heterocycles. The molecule has 0 saturated carbocycles. The second-order valence-electron chi connectivity index (χ2n) is 7.54. The molecule has 1 aliphatic heterocycles. The fourth-order valence-corrected chi connectivity index (χ4v) is 3.98. The number of rotatable bonds is 6. The number of anilines is 2. The van der Waals surface area contributed by atoms with Crippen LogP contribution in [0.5, 0.6) is 0 Å². The third-order valence-electron chi connectivity index (χ3n) is 5.80. The van der Waals surface area contributed by atoms with Gasteiger partial charge in [0.25, 0.3) is 0 Å². The Morgan fingerprint density at radius 2 is 1.68 bits per heavy atom. The van der Waals surface area contributed by atoms with E-state index in [1.165, 1.54) is 5.56 Å². The summed E-state index contributed by atoms with van der Waals surface area (Å²) in [6.07, 6.45) is 1.05. The first-order valence-electron chi connectivity index (χ1n) is 10.1. The molecule has 1 heterocycles. The molecular formula is C23H30ClN3O. The van der Waals surface area contributed by atoms with Gasteiger partial charge in [-0.05, 0) is 43.0 Å². The van der Waals surface area contributed by atoms with E-state index in [0.29, 0.717) is 5.92 Å². The molecule has 28 heavy (non-hydrogen) atoms. The highest BCUT2D eigenvalue weighted by molar-refractivity contribution is 6.33. The Labute approximate surface area is 173 Å². The van der Waals surface area contributed by atoms with Gasteiger partial charge in [-0.3, -0.25) is 9.69 Å². The van der Waals surface area contributed by atoms with E-state index in [0.717, 1.165) is 49.0 Å². The van der Waals surface area contributed by atoms with Crippen molar-refractivity contribution in [2.24, 2.45) is 0 Å². The Kier molecular flexibility index (Phi) is 6.97. The van der Waals surface area contributed by atoms with Crippen LogP contribution < -0.4 is 10.2 Å². The van der Waals surface area contributed by atoms with Crippen LogP contribution in [0.3, 0.4) is 0 Å². The molecular weight excluding hydrogens is 370 g/mol. The van der Waals surface area contributed by atoms with E-state index >= 15 is 0 Å². The Morgan fingerprint density at radius 1 is 1.04 bits per heavy atom. The van der Waals surface area contributed by atoms with Crippen molar-refractivity contribution in [2.45, 2.75) is 39.2 Å². The predicted octanol–water partition coefficient (Wildman–Crippen LogP) is 5.00. The maximum Gasteiger partial charge on any atom is 0.241 e. The largest absolute Gasteiger partial charge is 0.368 e. The zero-order valence-corrected chi connectivity index (χ0v) is 17.7. The summed E-state index contributed by atoms with van der Waals surface area (Å²) in [5.74, 6) is 0.480. The topological polar surface area (TPSA) is 35.6 Å². The number of amides is 1. The van der Waals surface area contributed by atoms with Crippen molar-refractivity contribution < 1.29 is 4.79 Å². The molecule has 0 radical (unpaired) electrons. The maximum atomic E-state index is 12.9.